The molecule has 2 heterocycles. The maximum Gasteiger partial charge on any atom is 0.326 e. The number of rotatable bonds is 4. The number of amides is 3. The van der Waals surface area contributed by atoms with Gasteiger partial charge in [-0.25, -0.2) is 4.79 Å². The van der Waals surface area contributed by atoms with E-state index in [0.717, 1.165) is 28.6 Å². The molecule has 2 fully saturated rings. The molecule has 2 aliphatic rings. The smallest absolute Gasteiger partial charge is 0.326 e. The molecule has 1 unspecified atom stereocenters. The van der Waals surface area contributed by atoms with Crippen molar-refractivity contribution in [2.45, 2.75) is 25.3 Å². The van der Waals surface area contributed by atoms with Crippen LogP contribution < -0.4 is 0 Å². The lowest BCUT2D eigenvalue weighted by Crippen LogP contribution is -2.51. The summed E-state index contributed by atoms with van der Waals surface area (Å²) in [5.41, 5.74) is 0.784. The summed E-state index contributed by atoms with van der Waals surface area (Å²) in [5.74, 6) is -2.10. The summed E-state index contributed by atoms with van der Waals surface area (Å²) in [5, 5.41) is 8.75. The van der Waals surface area contributed by atoms with Gasteiger partial charge in [0.05, 0.1) is 4.91 Å². The number of aliphatic carboxylic acids is 1. The van der Waals surface area contributed by atoms with Crippen molar-refractivity contribution < 1.29 is 24.3 Å². The Labute approximate surface area is 154 Å². The number of imide groups is 1. The van der Waals surface area contributed by atoms with E-state index >= 15 is 0 Å². The summed E-state index contributed by atoms with van der Waals surface area (Å²) in [6.45, 7) is -0.105. The minimum atomic E-state index is -1.06. The molecule has 8 heteroatoms. The number of carbonyl (C=O) groups excluding carboxylic acids is 3. The molecule has 0 spiro atoms. The van der Waals surface area contributed by atoms with Crippen LogP contribution in [0.15, 0.2) is 35.2 Å². The molecule has 26 heavy (non-hydrogen) atoms. The molecule has 1 aromatic carbocycles. The van der Waals surface area contributed by atoms with Crippen LogP contribution in [0.1, 0.15) is 24.8 Å². The van der Waals surface area contributed by atoms with Crippen LogP contribution in [0.5, 0.6) is 0 Å². The van der Waals surface area contributed by atoms with Gasteiger partial charge in [-0.15, -0.1) is 0 Å². The van der Waals surface area contributed by atoms with Gasteiger partial charge in [0, 0.05) is 6.54 Å². The van der Waals surface area contributed by atoms with Gasteiger partial charge in [-0.3, -0.25) is 19.3 Å². The summed E-state index contributed by atoms with van der Waals surface area (Å²) in [4.78, 5) is 50.9. The standard InChI is InChI=1S/C18H18N2O5S/c21-15(19-9-5-4-8-13(19)17(23)24)11-20-16(22)14(26-18(20)25)10-12-6-2-1-3-7-12/h1-3,6-7,10,13H,4-5,8-9,11H2,(H,23,24). The van der Waals surface area contributed by atoms with E-state index < -0.39 is 35.6 Å². The lowest BCUT2D eigenvalue weighted by molar-refractivity contribution is -0.152. The molecule has 1 N–H and O–H groups in total. The topological polar surface area (TPSA) is 95.0 Å². The first-order valence-corrected chi connectivity index (χ1v) is 9.11. The van der Waals surface area contributed by atoms with E-state index in [1.54, 1.807) is 6.08 Å². The Hall–Kier alpha value is -2.61. The summed E-state index contributed by atoms with van der Waals surface area (Å²) in [6, 6.07) is 8.22. The van der Waals surface area contributed by atoms with Crippen molar-refractivity contribution in [3.63, 3.8) is 0 Å². The fourth-order valence-electron chi connectivity index (χ4n) is 3.05. The average molecular weight is 374 g/mol. The molecule has 3 amide bonds. The second kappa shape index (κ2) is 7.74. The predicted octanol–water partition coefficient (Wildman–Crippen LogP) is 2.19. The van der Waals surface area contributed by atoms with Crippen LogP contribution in [0, 0.1) is 0 Å². The maximum absolute atomic E-state index is 12.5. The van der Waals surface area contributed by atoms with Gasteiger partial charge in [0.2, 0.25) is 5.91 Å². The predicted molar refractivity (Wildman–Crippen MR) is 96.1 cm³/mol. The second-order valence-corrected chi connectivity index (χ2v) is 7.11. The maximum atomic E-state index is 12.5. The summed E-state index contributed by atoms with van der Waals surface area (Å²) < 4.78 is 0. The van der Waals surface area contributed by atoms with Crippen molar-refractivity contribution in [3.8, 4) is 0 Å². The van der Waals surface area contributed by atoms with E-state index in [4.69, 9.17) is 0 Å². The van der Waals surface area contributed by atoms with Crippen molar-refractivity contribution in [3.05, 3.63) is 40.8 Å². The highest BCUT2D eigenvalue weighted by Gasteiger charge is 2.39. The zero-order chi connectivity index (χ0) is 18.7. The Bertz CT molecular complexity index is 777. The van der Waals surface area contributed by atoms with Gasteiger partial charge < -0.3 is 10.0 Å². The highest BCUT2D eigenvalue weighted by atomic mass is 32.2. The lowest BCUT2D eigenvalue weighted by Gasteiger charge is -2.33. The molecule has 2 saturated heterocycles. The van der Waals surface area contributed by atoms with Gasteiger partial charge in [0.25, 0.3) is 11.1 Å². The molecule has 0 saturated carbocycles. The summed E-state index contributed by atoms with van der Waals surface area (Å²) in [7, 11) is 0. The van der Waals surface area contributed by atoms with E-state index in [-0.39, 0.29) is 4.91 Å². The monoisotopic (exact) mass is 374 g/mol. The van der Waals surface area contributed by atoms with Gasteiger partial charge >= 0.3 is 5.97 Å². The minimum absolute atomic E-state index is 0.252. The van der Waals surface area contributed by atoms with Crippen LogP contribution >= 0.6 is 11.8 Å². The fraction of sp³-hybridized carbons (Fsp3) is 0.333. The Kier molecular flexibility index (Phi) is 5.41. The first kappa shape index (κ1) is 18.2. The van der Waals surface area contributed by atoms with Crippen molar-refractivity contribution in [1.82, 2.24) is 9.80 Å². The van der Waals surface area contributed by atoms with Crippen molar-refractivity contribution in [2.24, 2.45) is 0 Å². The molecule has 0 aliphatic carbocycles. The van der Waals surface area contributed by atoms with Crippen LogP contribution in [0.4, 0.5) is 4.79 Å². The number of carboxylic acid groups (broad SMARTS) is 1. The fourth-order valence-corrected chi connectivity index (χ4v) is 3.89. The van der Waals surface area contributed by atoms with Gasteiger partial charge in [-0.2, -0.15) is 0 Å². The molecule has 0 aromatic heterocycles. The molecule has 1 aromatic rings. The van der Waals surface area contributed by atoms with Crippen molar-refractivity contribution >= 4 is 40.9 Å². The molecular weight excluding hydrogens is 356 g/mol. The quantitative estimate of drug-likeness (QED) is 0.812. The second-order valence-electron chi connectivity index (χ2n) is 6.12. The van der Waals surface area contributed by atoms with E-state index in [1.165, 1.54) is 4.90 Å². The number of hydrogen-bond acceptors (Lipinski definition) is 5. The highest BCUT2D eigenvalue weighted by Crippen LogP contribution is 2.32. The van der Waals surface area contributed by atoms with Gasteiger partial charge in [0.15, 0.2) is 0 Å². The number of piperidine rings is 1. The number of hydrogen-bond donors (Lipinski definition) is 1. The lowest BCUT2D eigenvalue weighted by atomic mass is 10.0. The van der Waals surface area contributed by atoms with Crippen LogP contribution in [-0.2, 0) is 14.4 Å². The number of thioether (sulfide) groups is 1. The Morgan fingerprint density at radius 1 is 1.19 bits per heavy atom. The third-order valence-electron chi connectivity index (χ3n) is 4.37. The molecule has 2 aliphatic heterocycles. The van der Waals surface area contributed by atoms with Crippen LogP contribution in [0.3, 0.4) is 0 Å². The molecule has 3 rings (SSSR count). The normalized spacial score (nSPS) is 22.2. The van der Waals surface area contributed by atoms with Gasteiger partial charge in [-0.1, -0.05) is 30.3 Å². The van der Waals surface area contributed by atoms with Crippen LogP contribution in [-0.4, -0.2) is 57.1 Å². The van der Waals surface area contributed by atoms with Crippen molar-refractivity contribution in [1.29, 1.82) is 0 Å². The highest BCUT2D eigenvalue weighted by molar-refractivity contribution is 8.18. The molecule has 1 atom stereocenters. The number of nitrogens with zero attached hydrogens (tertiary/aromatic N) is 2. The molecule has 0 bridgehead atoms. The first-order valence-electron chi connectivity index (χ1n) is 8.30. The molecule has 0 radical (unpaired) electrons. The Morgan fingerprint density at radius 3 is 2.62 bits per heavy atom. The molecular formula is C18H18N2O5S. The van der Waals surface area contributed by atoms with Crippen LogP contribution in [0.2, 0.25) is 0 Å². The number of benzene rings is 1. The number of likely N-dealkylation sites (tertiary alicyclic amines) is 1. The zero-order valence-electron chi connectivity index (χ0n) is 14.0. The van der Waals surface area contributed by atoms with E-state index in [1.807, 2.05) is 30.3 Å². The minimum Gasteiger partial charge on any atom is -0.480 e. The number of carboxylic acids is 1. The third-order valence-corrected chi connectivity index (χ3v) is 5.28. The van der Waals surface area contributed by atoms with Crippen molar-refractivity contribution in [2.75, 3.05) is 13.1 Å². The third kappa shape index (κ3) is 3.80. The van der Waals surface area contributed by atoms with E-state index in [9.17, 15) is 24.3 Å². The van der Waals surface area contributed by atoms with E-state index in [0.29, 0.717) is 19.4 Å². The SMILES string of the molecule is O=C(O)C1CCCCN1C(=O)CN1C(=O)SC(=Cc2ccccc2)C1=O. The average Bonchev–Trinajstić information content (AvgIpc) is 2.90. The summed E-state index contributed by atoms with van der Waals surface area (Å²) in [6.07, 6.45) is 3.45. The van der Waals surface area contributed by atoms with Gasteiger partial charge in [0.1, 0.15) is 12.6 Å². The Morgan fingerprint density at radius 2 is 1.92 bits per heavy atom. The molecule has 136 valence electrons. The Balaban J connectivity index is 1.72. The first-order chi connectivity index (χ1) is 12.5. The zero-order valence-corrected chi connectivity index (χ0v) is 14.8. The largest absolute Gasteiger partial charge is 0.480 e. The van der Waals surface area contributed by atoms with E-state index in [2.05, 4.69) is 0 Å². The van der Waals surface area contributed by atoms with Crippen LogP contribution in [0.25, 0.3) is 6.08 Å². The molecule has 7 nitrogen and oxygen atoms in total. The van der Waals surface area contributed by atoms with Gasteiger partial charge in [-0.05, 0) is 42.7 Å². The number of carbonyl (C=O) groups is 4. The summed E-state index contributed by atoms with van der Waals surface area (Å²) >= 11 is 0.784.